The summed E-state index contributed by atoms with van der Waals surface area (Å²) in [5.41, 5.74) is 4.95. The maximum atomic E-state index is 10.9. The summed E-state index contributed by atoms with van der Waals surface area (Å²) in [6.07, 6.45) is 0.934. The van der Waals surface area contributed by atoms with E-state index < -0.39 is 22.6 Å². The van der Waals surface area contributed by atoms with E-state index in [0.717, 1.165) is 6.20 Å². The SMILES string of the molecule is CC(C)[C@H](Nc1ncc([N+](=O)[O-])c(N)n1)C(=O)O. The Morgan fingerprint density at radius 2 is 2.22 bits per heavy atom. The smallest absolute Gasteiger partial charge is 0.329 e. The zero-order valence-electron chi connectivity index (χ0n) is 9.82. The van der Waals surface area contributed by atoms with Crippen molar-refractivity contribution in [1.82, 2.24) is 9.97 Å². The van der Waals surface area contributed by atoms with Gasteiger partial charge < -0.3 is 16.2 Å². The van der Waals surface area contributed by atoms with Gasteiger partial charge in [-0.3, -0.25) is 10.1 Å². The largest absolute Gasteiger partial charge is 0.480 e. The lowest BCUT2D eigenvalue weighted by Crippen LogP contribution is -2.35. The van der Waals surface area contributed by atoms with Crippen LogP contribution >= 0.6 is 0 Å². The molecule has 0 saturated carbocycles. The predicted molar refractivity (Wildman–Crippen MR) is 63.0 cm³/mol. The summed E-state index contributed by atoms with van der Waals surface area (Å²) < 4.78 is 0. The molecule has 0 aliphatic carbocycles. The summed E-state index contributed by atoms with van der Waals surface area (Å²) >= 11 is 0. The minimum atomic E-state index is -1.06. The Morgan fingerprint density at radius 1 is 1.61 bits per heavy atom. The Bertz CT molecular complexity index is 476. The summed E-state index contributed by atoms with van der Waals surface area (Å²) in [5.74, 6) is -1.64. The number of carbonyl (C=O) groups is 1. The van der Waals surface area contributed by atoms with Crippen LogP contribution in [-0.2, 0) is 4.79 Å². The van der Waals surface area contributed by atoms with Gasteiger partial charge >= 0.3 is 11.7 Å². The number of nitro groups is 1. The van der Waals surface area contributed by atoms with Gasteiger partial charge in [-0.25, -0.2) is 9.78 Å². The lowest BCUT2D eigenvalue weighted by Gasteiger charge is -2.17. The molecule has 0 saturated heterocycles. The van der Waals surface area contributed by atoms with Crippen LogP contribution in [0.3, 0.4) is 0 Å². The van der Waals surface area contributed by atoms with Gasteiger partial charge in [-0.2, -0.15) is 4.98 Å². The summed E-state index contributed by atoms with van der Waals surface area (Å²) in [6.45, 7) is 3.42. The maximum absolute atomic E-state index is 10.9. The second-order valence-electron chi connectivity index (χ2n) is 3.93. The Balaban J connectivity index is 2.95. The molecular formula is C9H13N5O4. The number of nitrogen functional groups attached to an aromatic ring is 1. The third kappa shape index (κ3) is 3.03. The van der Waals surface area contributed by atoms with Crippen LogP contribution in [0.15, 0.2) is 6.20 Å². The van der Waals surface area contributed by atoms with Crippen LogP contribution in [0.2, 0.25) is 0 Å². The van der Waals surface area contributed by atoms with Crippen LogP contribution < -0.4 is 11.1 Å². The molecule has 0 bridgehead atoms. The molecule has 98 valence electrons. The Hall–Kier alpha value is -2.45. The van der Waals surface area contributed by atoms with Gasteiger partial charge in [0.25, 0.3) is 0 Å². The highest BCUT2D eigenvalue weighted by molar-refractivity contribution is 5.77. The highest BCUT2D eigenvalue weighted by atomic mass is 16.6. The Morgan fingerprint density at radius 3 is 2.61 bits per heavy atom. The molecule has 18 heavy (non-hydrogen) atoms. The van der Waals surface area contributed by atoms with Crippen molar-refractivity contribution in [3.05, 3.63) is 16.3 Å². The number of carboxylic acids is 1. The summed E-state index contributed by atoms with van der Waals surface area (Å²) in [4.78, 5) is 28.0. The number of hydrogen-bond acceptors (Lipinski definition) is 7. The van der Waals surface area contributed by atoms with E-state index in [2.05, 4.69) is 15.3 Å². The molecule has 0 radical (unpaired) electrons. The fourth-order valence-corrected chi connectivity index (χ4v) is 1.25. The van der Waals surface area contributed by atoms with E-state index in [1.165, 1.54) is 0 Å². The first-order chi connectivity index (χ1) is 8.32. The van der Waals surface area contributed by atoms with Crippen molar-refractivity contribution in [2.75, 3.05) is 11.1 Å². The molecule has 0 fully saturated rings. The number of nitrogens with zero attached hydrogens (tertiary/aromatic N) is 3. The Kier molecular flexibility index (Phi) is 3.97. The van der Waals surface area contributed by atoms with E-state index in [1.807, 2.05) is 0 Å². The van der Waals surface area contributed by atoms with Crippen molar-refractivity contribution in [1.29, 1.82) is 0 Å². The molecular weight excluding hydrogens is 242 g/mol. The first-order valence-corrected chi connectivity index (χ1v) is 5.09. The van der Waals surface area contributed by atoms with E-state index in [0.29, 0.717) is 0 Å². The van der Waals surface area contributed by atoms with E-state index in [1.54, 1.807) is 13.8 Å². The van der Waals surface area contributed by atoms with Crippen molar-refractivity contribution < 1.29 is 14.8 Å². The topological polar surface area (TPSA) is 144 Å². The standard InChI is InChI=1S/C9H13N5O4/c1-4(2)6(8(15)16)12-9-11-3-5(14(17)18)7(10)13-9/h3-4,6H,1-2H3,(H,15,16)(H3,10,11,12,13)/t6-/m0/s1. The van der Waals surface area contributed by atoms with E-state index >= 15 is 0 Å². The van der Waals surface area contributed by atoms with Crippen LogP contribution in [0.4, 0.5) is 17.5 Å². The normalized spacial score (nSPS) is 12.2. The lowest BCUT2D eigenvalue weighted by atomic mass is 10.1. The molecule has 0 amide bonds. The highest BCUT2D eigenvalue weighted by Gasteiger charge is 2.23. The number of hydrogen-bond donors (Lipinski definition) is 3. The number of aromatic nitrogens is 2. The fourth-order valence-electron chi connectivity index (χ4n) is 1.25. The van der Waals surface area contributed by atoms with E-state index in [-0.39, 0.29) is 17.7 Å². The molecule has 0 aromatic carbocycles. The molecule has 1 aromatic rings. The molecule has 1 aromatic heterocycles. The van der Waals surface area contributed by atoms with Crippen molar-refractivity contribution in [2.24, 2.45) is 5.92 Å². The van der Waals surface area contributed by atoms with Gasteiger partial charge in [-0.1, -0.05) is 13.8 Å². The molecule has 0 spiro atoms. The van der Waals surface area contributed by atoms with Crippen molar-refractivity contribution in [3.8, 4) is 0 Å². The van der Waals surface area contributed by atoms with Crippen LogP contribution in [0.25, 0.3) is 0 Å². The molecule has 9 heteroatoms. The number of rotatable bonds is 5. The van der Waals surface area contributed by atoms with E-state index in [9.17, 15) is 14.9 Å². The lowest BCUT2D eigenvalue weighted by molar-refractivity contribution is -0.384. The Labute approximate surface area is 102 Å². The van der Waals surface area contributed by atoms with Crippen LogP contribution in [-0.4, -0.2) is 32.0 Å². The number of carboxylic acid groups (broad SMARTS) is 1. The summed E-state index contributed by atoms with van der Waals surface area (Å²) in [6, 6.07) is -0.897. The summed E-state index contributed by atoms with van der Waals surface area (Å²) in [7, 11) is 0. The zero-order valence-corrected chi connectivity index (χ0v) is 9.82. The van der Waals surface area contributed by atoms with Gasteiger partial charge in [-0.05, 0) is 5.92 Å². The molecule has 9 nitrogen and oxygen atoms in total. The van der Waals surface area contributed by atoms with Gasteiger partial charge in [0.1, 0.15) is 12.2 Å². The molecule has 1 heterocycles. The first-order valence-electron chi connectivity index (χ1n) is 5.09. The fraction of sp³-hybridized carbons (Fsp3) is 0.444. The van der Waals surface area contributed by atoms with Crippen molar-refractivity contribution in [2.45, 2.75) is 19.9 Å². The summed E-state index contributed by atoms with van der Waals surface area (Å²) in [5, 5.41) is 22.0. The van der Waals surface area contributed by atoms with Gasteiger partial charge in [0.15, 0.2) is 0 Å². The zero-order chi connectivity index (χ0) is 13.9. The molecule has 0 aliphatic heterocycles. The average Bonchev–Trinajstić information content (AvgIpc) is 2.24. The monoisotopic (exact) mass is 255 g/mol. The highest BCUT2D eigenvalue weighted by Crippen LogP contribution is 2.19. The molecule has 0 aliphatic rings. The van der Waals surface area contributed by atoms with Gasteiger partial charge in [0.05, 0.1) is 4.92 Å². The second-order valence-corrected chi connectivity index (χ2v) is 3.93. The van der Waals surface area contributed by atoms with Crippen LogP contribution in [0.5, 0.6) is 0 Å². The predicted octanol–water partition coefficient (Wildman–Crippen LogP) is 0.488. The minimum Gasteiger partial charge on any atom is -0.480 e. The first kappa shape index (κ1) is 13.6. The minimum absolute atomic E-state index is 0.0563. The molecule has 1 rings (SSSR count). The molecule has 1 atom stereocenters. The van der Waals surface area contributed by atoms with Crippen molar-refractivity contribution in [3.63, 3.8) is 0 Å². The second kappa shape index (κ2) is 5.25. The molecule has 0 unspecified atom stereocenters. The number of nitrogens with two attached hydrogens (primary N) is 1. The number of nitrogens with one attached hydrogen (secondary N) is 1. The van der Waals surface area contributed by atoms with E-state index in [4.69, 9.17) is 10.8 Å². The number of anilines is 2. The quantitative estimate of drug-likeness (QED) is 0.509. The van der Waals surface area contributed by atoms with Gasteiger partial charge in [0.2, 0.25) is 11.8 Å². The maximum Gasteiger partial charge on any atom is 0.329 e. The number of aliphatic carboxylic acids is 1. The van der Waals surface area contributed by atoms with Crippen molar-refractivity contribution >= 4 is 23.4 Å². The average molecular weight is 255 g/mol. The third-order valence-electron chi connectivity index (χ3n) is 2.21. The van der Waals surface area contributed by atoms with Crippen LogP contribution in [0, 0.1) is 16.0 Å². The molecule has 4 N–H and O–H groups in total. The third-order valence-corrected chi connectivity index (χ3v) is 2.21. The van der Waals surface area contributed by atoms with Crippen LogP contribution in [0.1, 0.15) is 13.8 Å². The van der Waals surface area contributed by atoms with Gasteiger partial charge in [-0.15, -0.1) is 0 Å². The van der Waals surface area contributed by atoms with Gasteiger partial charge in [0, 0.05) is 0 Å².